The second-order valence-corrected chi connectivity index (χ2v) is 6.28. The lowest BCUT2D eigenvalue weighted by atomic mass is 10.1. The van der Waals surface area contributed by atoms with Crippen LogP contribution >= 0.6 is 0 Å². The number of benzene rings is 2. The van der Waals surface area contributed by atoms with Crippen LogP contribution in [0.1, 0.15) is 11.1 Å². The molecule has 0 bridgehead atoms. The Morgan fingerprint density at radius 3 is 2.07 bits per heavy atom. The molecule has 4 nitrogen and oxygen atoms in total. The molecule has 142 valence electrons. The van der Waals surface area contributed by atoms with E-state index >= 15 is 0 Å². The number of aromatic hydroxyl groups is 1. The van der Waals surface area contributed by atoms with Crippen LogP contribution in [0, 0.1) is 0 Å². The Hall–Kier alpha value is -2.96. The highest BCUT2D eigenvalue weighted by Crippen LogP contribution is 2.29. The van der Waals surface area contributed by atoms with Gasteiger partial charge in [-0.25, -0.2) is 0 Å². The van der Waals surface area contributed by atoms with Crippen LogP contribution in [0.3, 0.4) is 0 Å². The first-order chi connectivity index (χ1) is 12.8. The van der Waals surface area contributed by atoms with Crippen molar-refractivity contribution >= 4 is 17.7 Å². The number of hydrogen-bond acceptors (Lipinski definition) is 3. The molecule has 1 aliphatic rings. The van der Waals surface area contributed by atoms with Gasteiger partial charge in [-0.2, -0.15) is 13.2 Å². The number of carbonyl (C=O) groups is 1. The first kappa shape index (κ1) is 18.8. The highest BCUT2D eigenvalue weighted by Gasteiger charge is 2.29. The molecule has 0 spiro atoms. The summed E-state index contributed by atoms with van der Waals surface area (Å²) in [5.41, 5.74) is 0.815. The molecule has 1 N–H and O–H groups in total. The molecule has 1 fully saturated rings. The number of nitrogens with zero attached hydrogens (tertiary/aromatic N) is 2. The van der Waals surface area contributed by atoms with Crippen LogP contribution in [0.4, 0.5) is 18.9 Å². The molecule has 1 heterocycles. The molecule has 0 unspecified atom stereocenters. The van der Waals surface area contributed by atoms with E-state index in [1.54, 1.807) is 17.0 Å². The second-order valence-electron chi connectivity index (χ2n) is 6.28. The van der Waals surface area contributed by atoms with Crippen molar-refractivity contribution in [3.05, 3.63) is 65.7 Å². The number of alkyl halides is 3. The van der Waals surface area contributed by atoms with Gasteiger partial charge in [-0.15, -0.1) is 0 Å². The van der Waals surface area contributed by atoms with E-state index in [1.165, 1.54) is 24.3 Å². The normalized spacial score (nSPS) is 15.4. The van der Waals surface area contributed by atoms with Gasteiger partial charge in [0.05, 0.1) is 5.56 Å². The van der Waals surface area contributed by atoms with Gasteiger partial charge in [0, 0.05) is 37.9 Å². The molecule has 0 aromatic heterocycles. The number of carbonyl (C=O) groups excluding carboxylic acids is 1. The average molecular weight is 376 g/mol. The minimum atomic E-state index is -4.37. The van der Waals surface area contributed by atoms with E-state index in [0.717, 1.165) is 17.8 Å². The molecule has 1 aliphatic heterocycles. The van der Waals surface area contributed by atoms with Crippen molar-refractivity contribution in [3.8, 4) is 5.75 Å². The van der Waals surface area contributed by atoms with Gasteiger partial charge in [0.15, 0.2) is 0 Å². The van der Waals surface area contributed by atoms with E-state index in [1.807, 2.05) is 12.1 Å². The zero-order valence-corrected chi connectivity index (χ0v) is 14.5. The van der Waals surface area contributed by atoms with Crippen molar-refractivity contribution < 1.29 is 23.1 Å². The molecule has 7 heteroatoms. The monoisotopic (exact) mass is 376 g/mol. The van der Waals surface area contributed by atoms with E-state index in [2.05, 4.69) is 4.90 Å². The second kappa shape index (κ2) is 7.73. The molecule has 3 rings (SSSR count). The van der Waals surface area contributed by atoms with Gasteiger partial charge in [-0.1, -0.05) is 12.1 Å². The first-order valence-corrected chi connectivity index (χ1v) is 8.51. The van der Waals surface area contributed by atoms with E-state index in [0.29, 0.717) is 31.7 Å². The quantitative estimate of drug-likeness (QED) is 0.830. The van der Waals surface area contributed by atoms with Crippen LogP contribution < -0.4 is 4.90 Å². The summed E-state index contributed by atoms with van der Waals surface area (Å²) in [5, 5.41) is 9.34. The topological polar surface area (TPSA) is 43.8 Å². The molecule has 2 aromatic rings. The lowest BCUT2D eigenvalue weighted by Crippen LogP contribution is -2.48. The minimum Gasteiger partial charge on any atom is -0.508 e. The fraction of sp³-hybridized carbons (Fsp3) is 0.250. The van der Waals surface area contributed by atoms with Gasteiger partial charge in [0.2, 0.25) is 5.91 Å². The number of anilines is 1. The predicted molar refractivity (Wildman–Crippen MR) is 97.4 cm³/mol. The van der Waals surface area contributed by atoms with E-state index < -0.39 is 11.7 Å². The molecule has 2 aromatic carbocycles. The van der Waals surface area contributed by atoms with Gasteiger partial charge < -0.3 is 14.9 Å². The lowest BCUT2D eigenvalue weighted by molar-refractivity contribution is -0.137. The number of phenols is 1. The number of halogens is 3. The fourth-order valence-electron chi connectivity index (χ4n) is 2.90. The smallest absolute Gasteiger partial charge is 0.416 e. The zero-order valence-electron chi connectivity index (χ0n) is 14.5. The number of phenolic OH excluding ortho intramolecular Hbond substituents is 1. The van der Waals surface area contributed by atoms with Gasteiger partial charge in [-0.05, 0) is 48.0 Å². The third-order valence-electron chi connectivity index (χ3n) is 4.46. The van der Waals surface area contributed by atoms with Crippen LogP contribution in [0.5, 0.6) is 5.75 Å². The van der Waals surface area contributed by atoms with Gasteiger partial charge in [-0.3, -0.25) is 4.79 Å². The van der Waals surface area contributed by atoms with Crippen LogP contribution in [-0.2, 0) is 11.0 Å². The molecule has 1 amide bonds. The number of piperazine rings is 1. The van der Waals surface area contributed by atoms with Crippen LogP contribution in [0.15, 0.2) is 54.6 Å². The van der Waals surface area contributed by atoms with Crippen LogP contribution in [0.2, 0.25) is 0 Å². The molecule has 0 radical (unpaired) electrons. The number of hydrogen-bond donors (Lipinski definition) is 1. The minimum absolute atomic E-state index is 0.166. The van der Waals surface area contributed by atoms with Gasteiger partial charge in [0.1, 0.15) is 5.75 Å². The van der Waals surface area contributed by atoms with Crippen molar-refractivity contribution in [1.82, 2.24) is 4.90 Å². The van der Waals surface area contributed by atoms with Crippen molar-refractivity contribution in [3.63, 3.8) is 0 Å². The highest BCUT2D eigenvalue weighted by molar-refractivity contribution is 5.92. The average Bonchev–Trinajstić information content (AvgIpc) is 2.66. The summed E-state index contributed by atoms with van der Waals surface area (Å²) in [4.78, 5) is 16.1. The third-order valence-corrected chi connectivity index (χ3v) is 4.46. The summed E-state index contributed by atoms with van der Waals surface area (Å²) < 4.78 is 37.7. The van der Waals surface area contributed by atoms with Gasteiger partial charge in [0.25, 0.3) is 0 Å². The van der Waals surface area contributed by atoms with Crippen molar-refractivity contribution in [2.24, 2.45) is 0 Å². The third kappa shape index (κ3) is 4.81. The molecule has 0 aliphatic carbocycles. The summed E-state index contributed by atoms with van der Waals surface area (Å²) in [6, 6.07) is 11.6. The number of rotatable bonds is 3. The van der Waals surface area contributed by atoms with E-state index in [-0.39, 0.29) is 11.7 Å². The summed E-state index contributed by atoms with van der Waals surface area (Å²) in [7, 11) is 0. The van der Waals surface area contributed by atoms with Gasteiger partial charge >= 0.3 is 6.18 Å². The maximum atomic E-state index is 12.6. The van der Waals surface area contributed by atoms with E-state index in [9.17, 15) is 23.1 Å². The van der Waals surface area contributed by atoms with E-state index in [4.69, 9.17) is 0 Å². The van der Waals surface area contributed by atoms with Crippen molar-refractivity contribution in [1.29, 1.82) is 0 Å². The Morgan fingerprint density at radius 2 is 1.52 bits per heavy atom. The fourth-order valence-corrected chi connectivity index (χ4v) is 2.90. The number of amides is 1. The maximum absolute atomic E-state index is 12.6. The summed E-state index contributed by atoms with van der Waals surface area (Å²) in [6.07, 6.45) is -1.46. The maximum Gasteiger partial charge on any atom is 0.416 e. The molecule has 0 saturated carbocycles. The lowest BCUT2D eigenvalue weighted by Gasteiger charge is -2.35. The van der Waals surface area contributed by atoms with Crippen LogP contribution in [0.25, 0.3) is 6.08 Å². The summed E-state index contributed by atoms with van der Waals surface area (Å²) in [5.74, 6) is 0.0428. The Kier molecular flexibility index (Phi) is 5.39. The molecule has 0 atom stereocenters. The Bertz CT molecular complexity index is 807. The summed E-state index contributed by atoms with van der Waals surface area (Å²) >= 11 is 0. The first-order valence-electron chi connectivity index (χ1n) is 8.51. The molecule has 27 heavy (non-hydrogen) atoms. The van der Waals surface area contributed by atoms with Crippen molar-refractivity contribution in [2.45, 2.75) is 6.18 Å². The Balaban J connectivity index is 1.54. The van der Waals surface area contributed by atoms with Crippen molar-refractivity contribution in [2.75, 3.05) is 31.1 Å². The Morgan fingerprint density at radius 1 is 0.926 bits per heavy atom. The standard InChI is InChI=1S/C20H19F3N2O2/c21-20(22,23)16-4-1-15(2-5-16)3-10-19(27)25-13-11-24(12-14-25)17-6-8-18(26)9-7-17/h1-10,26H,11-14H2/b10-3+. The SMILES string of the molecule is O=C(/C=C/c1ccc(C(F)(F)F)cc1)N1CCN(c2ccc(O)cc2)CC1. The predicted octanol–water partition coefficient (Wildman–Crippen LogP) is 3.77. The molecular formula is C20H19F3N2O2. The van der Waals surface area contributed by atoms with Crippen LogP contribution in [-0.4, -0.2) is 42.1 Å². The molecular weight excluding hydrogens is 357 g/mol. The highest BCUT2D eigenvalue weighted by atomic mass is 19.4. The molecule has 1 saturated heterocycles. The summed E-state index contributed by atoms with van der Waals surface area (Å²) in [6.45, 7) is 2.45. The Labute approximate surface area is 155 Å². The largest absolute Gasteiger partial charge is 0.508 e. The zero-order chi connectivity index (χ0) is 19.4.